The molecule has 0 radical (unpaired) electrons. The van der Waals surface area contributed by atoms with Crippen LogP contribution in [0.5, 0.6) is 0 Å². The fourth-order valence-electron chi connectivity index (χ4n) is 18.8. The van der Waals surface area contributed by atoms with E-state index in [0.717, 1.165) is 25.7 Å². The van der Waals surface area contributed by atoms with Gasteiger partial charge in [0.05, 0.1) is 74.5 Å². The van der Waals surface area contributed by atoms with E-state index in [2.05, 4.69) is 107 Å². The second-order valence-corrected chi connectivity index (χ2v) is 26.6. The highest BCUT2D eigenvalue weighted by molar-refractivity contribution is 5.79. The van der Waals surface area contributed by atoms with Crippen LogP contribution in [-0.4, -0.2) is 74.7 Å². The lowest BCUT2D eigenvalue weighted by atomic mass is 9.43. The summed E-state index contributed by atoms with van der Waals surface area (Å²) in [4.78, 5) is 48.1. The number of carbonyl (C=O) groups is 4. The number of epoxide rings is 2. The van der Waals surface area contributed by atoms with Gasteiger partial charge in [0.1, 0.15) is 0 Å². The first-order valence-corrected chi connectivity index (χ1v) is 26.4. The van der Waals surface area contributed by atoms with Crippen molar-refractivity contribution < 1.29 is 47.6 Å². The number of esters is 4. The fourth-order valence-corrected chi connectivity index (χ4v) is 18.8. The van der Waals surface area contributed by atoms with Gasteiger partial charge in [-0.05, 0) is 91.3 Å². The summed E-state index contributed by atoms with van der Waals surface area (Å²) in [6.45, 7) is 29.7. The molecule has 0 aromatic heterocycles. The summed E-state index contributed by atoms with van der Waals surface area (Å²) < 4.78 is 33.5. The number of hydrogen-bond acceptors (Lipinski definition) is 10. The number of fused-ring (bicyclic) bond motifs is 4. The van der Waals surface area contributed by atoms with E-state index in [1.807, 2.05) is 0 Å². The third-order valence-electron chi connectivity index (χ3n) is 23.5. The van der Waals surface area contributed by atoms with Crippen LogP contribution in [0.15, 0.2) is 24.3 Å². The second kappa shape index (κ2) is 14.4. The number of ether oxygens (including phenoxy) is 6. The molecule has 20 atom stereocenters. The third kappa shape index (κ3) is 5.61. The van der Waals surface area contributed by atoms with Crippen molar-refractivity contribution in [3.8, 4) is 0 Å². The molecule has 12 aliphatic carbocycles. The summed E-state index contributed by atoms with van der Waals surface area (Å²) in [5.74, 6) is 4.44. The molecule has 0 aromatic carbocycles. The monoisotopic (exact) mass is 913 g/mol. The molecular weight excluding hydrogens is 833 g/mol. The minimum Gasteiger partial charge on any atom is -0.465 e. The van der Waals surface area contributed by atoms with Crippen LogP contribution in [0.3, 0.4) is 0 Å². The molecule has 6 saturated heterocycles. The Labute approximate surface area is 394 Å². The van der Waals surface area contributed by atoms with Gasteiger partial charge in [0, 0.05) is 50.7 Å². The lowest BCUT2D eigenvalue weighted by Crippen LogP contribution is -2.60. The average molecular weight is 913 g/mol. The molecule has 10 heteroatoms. The van der Waals surface area contributed by atoms with Gasteiger partial charge >= 0.3 is 23.9 Å². The van der Waals surface area contributed by atoms with E-state index >= 15 is 0 Å². The Morgan fingerprint density at radius 3 is 1.42 bits per heavy atom. The van der Waals surface area contributed by atoms with Crippen molar-refractivity contribution in [2.45, 2.75) is 159 Å². The van der Waals surface area contributed by atoms with E-state index in [4.69, 9.17) is 28.4 Å². The van der Waals surface area contributed by atoms with Gasteiger partial charge in [-0.1, -0.05) is 107 Å². The summed E-state index contributed by atoms with van der Waals surface area (Å²) in [7, 11) is 0. The van der Waals surface area contributed by atoms with Crippen LogP contribution in [0.25, 0.3) is 0 Å². The van der Waals surface area contributed by atoms with Crippen LogP contribution in [0.4, 0.5) is 0 Å². The Morgan fingerprint density at radius 2 is 0.848 bits per heavy atom. The molecule has 8 saturated carbocycles. The highest BCUT2D eigenvalue weighted by Gasteiger charge is 2.80. The largest absolute Gasteiger partial charge is 0.465 e. The van der Waals surface area contributed by atoms with Gasteiger partial charge in [-0.25, -0.2) is 0 Å². The average Bonchev–Trinajstić information content (AvgIpc) is 4.10. The molecular formula is C56H80O10. The summed E-state index contributed by atoms with van der Waals surface area (Å²) in [5, 5.41) is 0. The summed E-state index contributed by atoms with van der Waals surface area (Å²) in [6.07, 6.45) is 20.2. The first-order chi connectivity index (χ1) is 31.0. The number of allylic oxidation sites excluding steroid dienone is 4. The van der Waals surface area contributed by atoms with Gasteiger partial charge < -0.3 is 28.4 Å². The second-order valence-electron chi connectivity index (χ2n) is 26.6. The van der Waals surface area contributed by atoms with Crippen LogP contribution >= 0.6 is 0 Å². The SMILES string of the molecule is CC(C)C12C=CC(C)(CC1)C1C(=O)OCC12.CC(C)C12C=CC(C)(CC1)C1COC(=O)C12.CC(C)C12CCC(C)(C3COC(=O)C31)C1OC12.CC(C)C12CCC(C)(C3OC31)C1C(=O)OCC12. The van der Waals surface area contributed by atoms with Crippen molar-refractivity contribution >= 4 is 23.9 Å². The molecule has 18 rings (SSSR count). The fraction of sp³-hybridized carbons (Fsp3) is 0.857. The van der Waals surface area contributed by atoms with E-state index in [-0.39, 0.29) is 90.9 Å². The highest BCUT2D eigenvalue weighted by Crippen LogP contribution is 2.75. The first-order valence-electron chi connectivity index (χ1n) is 26.4. The lowest BCUT2D eigenvalue weighted by Gasteiger charge is -2.56. The first kappa shape index (κ1) is 45.7. The van der Waals surface area contributed by atoms with Gasteiger partial charge in [0.15, 0.2) is 0 Å². The number of carbonyl (C=O) groups excluding carboxylic acids is 4. The van der Waals surface area contributed by atoms with Crippen molar-refractivity contribution in [1.82, 2.24) is 0 Å². The predicted octanol–water partition coefficient (Wildman–Crippen LogP) is 9.57. The Hall–Kier alpha value is -2.72. The van der Waals surface area contributed by atoms with E-state index in [0.29, 0.717) is 98.2 Å². The standard InChI is InChI=1S/2C14H20O3.2C14H20O2/c1-7(2)14-5-4-13(3,10-11(14)17-10)9-8(14)6-16-12(9)15;1-7(2)14-5-4-13(3,10-11(14)17-10)8-6-16-12(15)9(8)14;1-9(2)14-6-4-13(3,5-7-14)11-10(14)8-16-12(11)15;1-9(2)14-6-4-13(3,5-7-14)10-8-16-12(15)11(10)14/h2*7-11H,4-6H2,1-3H3;2*4,6,9-11H,5,7-8H2,1-3H3. The van der Waals surface area contributed by atoms with Crippen LogP contribution in [0.2, 0.25) is 0 Å². The molecule has 18 aliphatic rings. The van der Waals surface area contributed by atoms with E-state index in [1.54, 1.807) is 0 Å². The van der Waals surface area contributed by atoms with E-state index < -0.39 is 0 Å². The molecule has 0 amide bonds. The number of hydrogen-bond donors (Lipinski definition) is 0. The summed E-state index contributed by atoms with van der Waals surface area (Å²) in [6, 6.07) is 0. The van der Waals surface area contributed by atoms with Gasteiger partial charge in [-0.15, -0.1) is 0 Å². The van der Waals surface area contributed by atoms with Crippen molar-refractivity contribution in [2.75, 3.05) is 26.4 Å². The molecule has 20 unspecified atom stereocenters. The number of cyclic esters (lactones) is 4. The molecule has 10 nitrogen and oxygen atoms in total. The maximum Gasteiger partial charge on any atom is 0.310 e. The maximum absolute atomic E-state index is 12.1. The molecule has 0 N–H and O–H groups in total. The predicted molar refractivity (Wildman–Crippen MR) is 246 cm³/mol. The Kier molecular flexibility index (Phi) is 10.00. The number of rotatable bonds is 4. The maximum atomic E-state index is 12.1. The van der Waals surface area contributed by atoms with Gasteiger partial charge in [0.2, 0.25) is 0 Å². The molecule has 0 spiro atoms. The molecule has 14 fully saturated rings. The summed E-state index contributed by atoms with van der Waals surface area (Å²) in [5.41, 5.74) is 1.09. The van der Waals surface area contributed by atoms with Crippen LogP contribution in [0.1, 0.15) is 134 Å². The smallest absolute Gasteiger partial charge is 0.310 e. The van der Waals surface area contributed by atoms with Crippen molar-refractivity contribution in [2.24, 2.45) is 114 Å². The molecule has 0 aromatic rings. The molecule has 6 aliphatic heterocycles. The van der Waals surface area contributed by atoms with Crippen LogP contribution < -0.4 is 0 Å². The van der Waals surface area contributed by atoms with Crippen molar-refractivity contribution in [3.05, 3.63) is 24.3 Å². The van der Waals surface area contributed by atoms with Crippen molar-refractivity contribution in [3.63, 3.8) is 0 Å². The minimum atomic E-state index is 0.0381. The highest BCUT2D eigenvalue weighted by atomic mass is 16.6. The van der Waals surface area contributed by atoms with E-state index in [9.17, 15) is 19.2 Å². The quantitative estimate of drug-likeness (QED) is 0.116. The zero-order valence-corrected chi connectivity index (χ0v) is 42.1. The zero-order valence-electron chi connectivity index (χ0n) is 42.1. The zero-order chi connectivity index (χ0) is 47.1. The Morgan fingerprint density at radius 1 is 0.394 bits per heavy atom. The van der Waals surface area contributed by atoms with Gasteiger partial charge in [-0.2, -0.15) is 0 Å². The normalized spacial score (nSPS) is 54.4. The lowest BCUT2D eigenvalue weighted by molar-refractivity contribution is -0.153. The van der Waals surface area contributed by atoms with Gasteiger partial charge in [-0.3, -0.25) is 19.2 Å². The minimum absolute atomic E-state index is 0.0381. The van der Waals surface area contributed by atoms with Gasteiger partial charge in [0.25, 0.3) is 0 Å². The molecule has 66 heavy (non-hydrogen) atoms. The summed E-state index contributed by atoms with van der Waals surface area (Å²) >= 11 is 0. The van der Waals surface area contributed by atoms with Crippen LogP contribution in [0, 0.1) is 114 Å². The van der Waals surface area contributed by atoms with Crippen LogP contribution in [-0.2, 0) is 47.6 Å². The Bertz CT molecular complexity index is 2140. The molecule has 8 bridgehead atoms. The van der Waals surface area contributed by atoms with Crippen molar-refractivity contribution in [1.29, 1.82) is 0 Å². The van der Waals surface area contributed by atoms with E-state index in [1.165, 1.54) is 25.7 Å². The molecule has 364 valence electrons. The Balaban J connectivity index is 0.0000000973. The third-order valence-corrected chi connectivity index (χ3v) is 23.5. The topological polar surface area (TPSA) is 130 Å². The molecule has 6 heterocycles.